The van der Waals surface area contributed by atoms with Crippen molar-refractivity contribution in [3.8, 4) is 92.8 Å². The fourth-order valence-electron chi connectivity index (χ4n) is 6.96. The van der Waals surface area contributed by atoms with E-state index in [2.05, 4.69) is 29.9 Å². The summed E-state index contributed by atoms with van der Waals surface area (Å²) in [6, 6.07) is 19.9. The van der Waals surface area contributed by atoms with Crippen LogP contribution in [0.3, 0.4) is 0 Å². The number of nitro groups is 4. The van der Waals surface area contributed by atoms with Gasteiger partial charge in [-0.15, -0.1) is 9.97 Å². The summed E-state index contributed by atoms with van der Waals surface area (Å²) in [5.74, 6) is -6.85. The van der Waals surface area contributed by atoms with E-state index in [0.29, 0.717) is 23.3 Å². The number of nitrogens with zero attached hydrogens (tertiary/aromatic N) is 10. The highest BCUT2D eigenvalue weighted by atomic mass is 16.6. The second kappa shape index (κ2) is 20.4. The average Bonchev–Trinajstić information content (AvgIpc) is 3.41. The second-order valence-corrected chi connectivity index (χ2v) is 15.7. The van der Waals surface area contributed by atoms with Gasteiger partial charge in [-0.3, -0.25) is 40.5 Å². The number of non-ortho nitro benzene ring substituents is 2. The van der Waals surface area contributed by atoms with Gasteiger partial charge in [0.15, 0.2) is 34.6 Å². The second-order valence-electron chi connectivity index (χ2n) is 15.7. The Balaban J connectivity index is 1.36. The number of rotatable bonds is 12. The van der Waals surface area contributed by atoms with Gasteiger partial charge in [0.05, 0.1) is 57.2 Å². The molecule has 0 fully saturated rings. The molecular formula is C48H30N10O18. The number of carbonyl (C=O) groups excluding carboxylic acids is 2. The Morgan fingerprint density at radius 3 is 1.03 bits per heavy atom. The number of aryl methyl sites for hydroxylation is 2. The van der Waals surface area contributed by atoms with Crippen molar-refractivity contribution in [1.82, 2.24) is 29.9 Å². The third-order valence-electron chi connectivity index (χ3n) is 10.6. The Labute approximate surface area is 423 Å². The van der Waals surface area contributed by atoms with Crippen LogP contribution in [0.5, 0.6) is 70.0 Å². The molecule has 0 spiro atoms. The molecule has 2 aromatic heterocycles. The van der Waals surface area contributed by atoms with Crippen LogP contribution >= 0.6 is 0 Å². The van der Waals surface area contributed by atoms with Gasteiger partial charge in [-0.1, -0.05) is 59.7 Å². The molecule has 0 N–H and O–H groups in total. The normalized spacial score (nSPS) is 11.3. The minimum absolute atomic E-state index is 0.166. The molecule has 8 bridgehead atoms. The largest absolute Gasteiger partial charge is 0.465 e. The van der Waals surface area contributed by atoms with Crippen LogP contribution in [0, 0.1) is 54.3 Å². The average molecular weight is 1030 g/mol. The molecule has 0 saturated heterocycles. The minimum atomic E-state index is -0.988. The molecule has 0 unspecified atom stereocenters. The lowest BCUT2D eigenvalue weighted by Crippen LogP contribution is -2.08. The minimum Gasteiger partial charge on any atom is -0.465 e. The molecule has 0 amide bonds. The third-order valence-corrected chi connectivity index (χ3v) is 10.6. The van der Waals surface area contributed by atoms with E-state index >= 15 is 0 Å². The number of carbonyl (C=O) groups is 2. The number of benzene rings is 6. The summed E-state index contributed by atoms with van der Waals surface area (Å²) >= 11 is 0. The number of nitro benzene ring substituents is 4. The molecule has 1 aliphatic rings. The van der Waals surface area contributed by atoms with Crippen molar-refractivity contribution in [1.29, 1.82) is 0 Å². The molecule has 9 rings (SSSR count). The summed E-state index contributed by atoms with van der Waals surface area (Å²) in [7, 11) is 2.13. The molecule has 6 aromatic carbocycles. The summed E-state index contributed by atoms with van der Waals surface area (Å²) in [5.41, 5.74) is -1.46. The van der Waals surface area contributed by atoms with Gasteiger partial charge in [-0.05, 0) is 50.2 Å². The molecule has 28 nitrogen and oxygen atoms in total. The zero-order valence-electron chi connectivity index (χ0n) is 39.2. The number of aromatic nitrogens is 6. The molecular weight excluding hydrogens is 1000 g/mol. The highest BCUT2D eigenvalue weighted by Gasteiger charge is 2.31. The van der Waals surface area contributed by atoms with Gasteiger partial charge in [0, 0.05) is 23.3 Å². The maximum atomic E-state index is 13.4. The smallest absolute Gasteiger partial charge is 0.338 e. The third kappa shape index (κ3) is 10.5. The van der Waals surface area contributed by atoms with E-state index in [1.165, 1.54) is 0 Å². The van der Waals surface area contributed by atoms with Gasteiger partial charge < -0.3 is 37.9 Å². The van der Waals surface area contributed by atoms with Gasteiger partial charge in [-0.2, -0.15) is 19.9 Å². The Morgan fingerprint density at radius 2 is 0.750 bits per heavy atom. The fourth-order valence-corrected chi connectivity index (χ4v) is 6.96. The van der Waals surface area contributed by atoms with Crippen molar-refractivity contribution in [3.63, 3.8) is 0 Å². The first-order chi connectivity index (χ1) is 36.4. The quantitative estimate of drug-likeness (QED) is 0.0623. The number of hydrogen-bond donors (Lipinski definition) is 0. The Bertz CT molecular complexity index is 3400. The van der Waals surface area contributed by atoms with Crippen molar-refractivity contribution >= 4 is 34.7 Å². The first-order valence-corrected chi connectivity index (χ1v) is 21.5. The van der Waals surface area contributed by atoms with Crippen molar-refractivity contribution in [2.75, 3.05) is 14.2 Å². The molecule has 380 valence electrons. The van der Waals surface area contributed by atoms with Crippen LogP contribution in [0.1, 0.15) is 31.8 Å². The highest BCUT2D eigenvalue weighted by Crippen LogP contribution is 2.50. The molecule has 8 aromatic rings. The zero-order chi connectivity index (χ0) is 53.9. The number of esters is 2. The van der Waals surface area contributed by atoms with E-state index in [-0.39, 0.29) is 22.8 Å². The van der Waals surface area contributed by atoms with Gasteiger partial charge in [0.1, 0.15) is 0 Å². The lowest BCUT2D eigenvalue weighted by molar-refractivity contribution is -0.394. The van der Waals surface area contributed by atoms with Crippen molar-refractivity contribution in [2.45, 2.75) is 13.8 Å². The maximum Gasteiger partial charge on any atom is 0.338 e. The van der Waals surface area contributed by atoms with Crippen molar-refractivity contribution in [3.05, 3.63) is 172 Å². The van der Waals surface area contributed by atoms with Crippen LogP contribution in [0.2, 0.25) is 0 Å². The van der Waals surface area contributed by atoms with Crippen LogP contribution in [0.4, 0.5) is 22.7 Å². The summed E-state index contributed by atoms with van der Waals surface area (Å²) in [6.07, 6.45) is 0. The van der Waals surface area contributed by atoms with Crippen LogP contribution in [-0.4, -0.2) is 75.8 Å². The summed E-state index contributed by atoms with van der Waals surface area (Å²) in [4.78, 5) is 98.1. The first-order valence-electron chi connectivity index (χ1n) is 21.5. The highest BCUT2D eigenvalue weighted by molar-refractivity contribution is 5.92. The van der Waals surface area contributed by atoms with Gasteiger partial charge in [0.25, 0.3) is 11.4 Å². The predicted molar refractivity (Wildman–Crippen MR) is 256 cm³/mol. The van der Waals surface area contributed by atoms with E-state index in [9.17, 15) is 50.0 Å². The molecule has 1 aliphatic heterocycles. The summed E-state index contributed by atoms with van der Waals surface area (Å²) in [5, 5.41) is 48.3. The van der Waals surface area contributed by atoms with Gasteiger partial charge in [0.2, 0.25) is 23.0 Å². The molecule has 3 heterocycles. The van der Waals surface area contributed by atoms with E-state index in [1.807, 2.05) is 13.8 Å². The molecule has 0 saturated carbocycles. The number of ether oxygens (including phenoxy) is 8. The fraction of sp³-hybridized carbons (Fsp3) is 0.0833. The lowest BCUT2D eigenvalue weighted by Gasteiger charge is -2.19. The standard InChI is InChI=1S/C48H30N10O18/c1-23-5-9-25(10-6-23)41-49-45-53-46(50-41)74-36-18-28(44(60)70-4)20-38(40(36)72-34-16-14-30(56(63)64)22-32(34)58(67)68)76-48-52-42(26-11-7-24(2)8-12-26)51-47(54-48)75-37-19-27(43(59)69-3)17-35(73-45)39(37)71-33-15-13-29(55(61)62)21-31(33)57(65)66/h5-22H,1-4H3. The number of methoxy groups -OCH3 is 2. The molecule has 28 heteroatoms. The zero-order valence-corrected chi connectivity index (χ0v) is 39.2. The monoisotopic (exact) mass is 1030 g/mol. The lowest BCUT2D eigenvalue weighted by atomic mass is 10.1. The van der Waals surface area contributed by atoms with E-state index in [0.717, 1.165) is 73.9 Å². The van der Waals surface area contributed by atoms with Crippen LogP contribution in [0.15, 0.2) is 109 Å². The molecule has 76 heavy (non-hydrogen) atoms. The van der Waals surface area contributed by atoms with E-state index in [1.54, 1.807) is 48.5 Å². The Kier molecular flexibility index (Phi) is 13.3. The summed E-state index contributed by atoms with van der Waals surface area (Å²) < 4.78 is 47.6. The van der Waals surface area contributed by atoms with E-state index < -0.39 is 124 Å². The van der Waals surface area contributed by atoms with Gasteiger partial charge in [-0.25, -0.2) is 9.59 Å². The SMILES string of the molecule is COC(=O)c1cc2c(Oc3ccc([N+](=O)[O-])cc3[N+](=O)[O-])c(c1)Oc1nc(nc(-c3ccc(C)cc3)n1)Oc1cc(C(=O)OC)cc(c1Oc1ccc([N+](=O)[O-])cc1[N+](=O)[O-])Oc1nc(nc(-c3ccc(C)cc3)n1)O2. The summed E-state index contributed by atoms with van der Waals surface area (Å²) in [6.45, 7) is 3.62. The van der Waals surface area contributed by atoms with Crippen molar-refractivity contribution < 1.29 is 67.2 Å². The van der Waals surface area contributed by atoms with Crippen molar-refractivity contribution in [2.24, 2.45) is 0 Å². The van der Waals surface area contributed by atoms with Crippen LogP contribution < -0.4 is 28.4 Å². The van der Waals surface area contributed by atoms with Gasteiger partial charge >= 0.3 is 47.4 Å². The Morgan fingerprint density at radius 1 is 0.434 bits per heavy atom. The van der Waals surface area contributed by atoms with Crippen LogP contribution in [-0.2, 0) is 9.47 Å². The topological polar surface area (TPSA) is 358 Å². The Hall–Kier alpha value is -11.3. The number of hydrogen-bond acceptors (Lipinski definition) is 24. The van der Waals surface area contributed by atoms with E-state index in [4.69, 9.17) is 37.9 Å². The van der Waals surface area contributed by atoms with Crippen LogP contribution in [0.25, 0.3) is 22.8 Å². The molecule has 0 atom stereocenters. The number of fused-ring (bicyclic) bond motifs is 8. The first kappa shape index (κ1) is 49.7. The molecule has 0 radical (unpaired) electrons. The molecule has 0 aliphatic carbocycles. The maximum absolute atomic E-state index is 13.4. The predicted octanol–water partition coefficient (Wildman–Crippen LogP) is 10.3.